The third-order valence-corrected chi connectivity index (χ3v) is 4.15. The second-order valence-electron chi connectivity index (χ2n) is 4.21. The van der Waals surface area contributed by atoms with E-state index in [1.54, 1.807) is 6.07 Å². The fourth-order valence-electron chi connectivity index (χ4n) is 1.90. The van der Waals surface area contributed by atoms with Crippen molar-refractivity contribution in [2.45, 2.75) is 12.5 Å². The maximum atomic E-state index is 6.19. The number of nitrogens with two attached hydrogens (primary N) is 1. The molecule has 0 amide bonds. The third kappa shape index (κ3) is 4.07. The molecule has 1 unspecified atom stereocenters. The first kappa shape index (κ1) is 15.1. The molecule has 0 aliphatic carbocycles. The molecule has 0 aromatic heterocycles. The van der Waals surface area contributed by atoms with Gasteiger partial charge in [0.1, 0.15) is 0 Å². The molecular formula is C14H13Cl2IN2. The minimum atomic E-state index is 0.0217. The number of benzene rings is 2. The van der Waals surface area contributed by atoms with Crippen LogP contribution in [0.15, 0.2) is 42.5 Å². The van der Waals surface area contributed by atoms with Crippen LogP contribution in [-0.2, 0) is 6.42 Å². The monoisotopic (exact) mass is 406 g/mol. The van der Waals surface area contributed by atoms with E-state index in [2.05, 4.69) is 40.1 Å². The molecule has 0 saturated carbocycles. The van der Waals surface area contributed by atoms with Gasteiger partial charge in [-0.1, -0.05) is 41.4 Å². The van der Waals surface area contributed by atoms with Gasteiger partial charge in [0.05, 0.1) is 6.04 Å². The number of hydrogen-bond donors (Lipinski definition) is 2. The van der Waals surface area contributed by atoms with E-state index in [-0.39, 0.29) is 6.04 Å². The highest BCUT2D eigenvalue weighted by molar-refractivity contribution is 14.1. The van der Waals surface area contributed by atoms with Crippen LogP contribution >= 0.6 is 45.8 Å². The number of halogens is 3. The molecule has 0 radical (unpaired) electrons. The second kappa shape index (κ2) is 6.90. The average Bonchev–Trinajstić information content (AvgIpc) is 2.38. The van der Waals surface area contributed by atoms with Crippen molar-refractivity contribution in [2.24, 2.45) is 5.84 Å². The van der Waals surface area contributed by atoms with Crippen molar-refractivity contribution in [1.82, 2.24) is 5.43 Å². The molecule has 1 atom stereocenters. The molecule has 0 heterocycles. The van der Waals surface area contributed by atoms with Gasteiger partial charge in [-0.15, -0.1) is 0 Å². The fraction of sp³-hybridized carbons (Fsp3) is 0.143. The van der Waals surface area contributed by atoms with E-state index in [1.807, 2.05) is 24.3 Å². The predicted molar refractivity (Wildman–Crippen MR) is 89.4 cm³/mol. The van der Waals surface area contributed by atoms with Gasteiger partial charge in [-0.05, 0) is 64.4 Å². The minimum Gasteiger partial charge on any atom is -0.271 e. The van der Waals surface area contributed by atoms with Crippen LogP contribution in [0.4, 0.5) is 0 Å². The minimum absolute atomic E-state index is 0.0217. The topological polar surface area (TPSA) is 38.0 Å². The van der Waals surface area contributed by atoms with Gasteiger partial charge in [-0.3, -0.25) is 11.3 Å². The van der Waals surface area contributed by atoms with Gasteiger partial charge in [-0.25, -0.2) is 0 Å². The lowest BCUT2D eigenvalue weighted by atomic mass is 9.99. The lowest BCUT2D eigenvalue weighted by Gasteiger charge is -2.17. The molecule has 0 bridgehead atoms. The van der Waals surface area contributed by atoms with Crippen LogP contribution in [0.5, 0.6) is 0 Å². The summed E-state index contributed by atoms with van der Waals surface area (Å²) in [6.07, 6.45) is 0.715. The van der Waals surface area contributed by atoms with Crippen LogP contribution in [0.1, 0.15) is 17.2 Å². The first-order valence-electron chi connectivity index (χ1n) is 5.75. The summed E-state index contributed by atoms with van der Waals surface area (Å²) in [6.45, 7) is 0. The van der Waals surface area contributed by atoms with E-state index >= 15 is 0 Å². The zero-order valence-electron chi connectivity index (χ0n) is 10.0. The van der Waals surface area contributed by atoms with E-state index in [9.17, 15) is 0 Å². The lowest BCUT2D eigenvalue weighted by Crippen LogP contribution is -2.29. The Morgan fingerprint density at radius 1 is 1.16 bits per heavy atom. The van der Waals surface area contributed by atoms with Crippen molar-refractivity contribution in [3.63, 3.8) is 0 Å². The van der Waals surface area contributed by atoms with Crippen LogP contribution in [0.25, 0.3) is 0 Å². The van der Waals surface area contributed by atoms with Crippen molar-refractivity contribution in [1.29, 1.82) is 0 Å². The summed E-state index contributed by atoms with van der Waals surface area (Å²) in [5, 5.41) is 1.30. The molecule has 19 heavy (non-hydrogen) atoms. The van der Waals surface area contributed by atoms with Crippen molar-refractivity contribution in [3.05, 3.63) is 67.2 Å². The summed E-state index contributed by atoms with van der Waals surface area (Å²) in [5.74, 6) is 5.66. The molecule has 0 spiro atoms. The van der Waals surface area contributed by atoms with Gasteiger partial charge in [0, 0.05) is 13.6 Å². The first-order valence-corrected chi connectivity index (χ1v) is 7.59. The zero-order chi connectivity index (χ0) is 13.8. The Morgan fingerprint density at radius 2 is 1.95 bits per heavy atom. The Balaban J connectivity index is 2.24. The van der Waals surface area contributed by atoms with E-state index in [0.29, 0.717) is 16.5 Å². The second-order valence-corrected chi connectivity index (χ2v) is 6.30. The quantitative estimate of drug-likeness (QED) is 0.450. The van der Waals surface area contributed by atoms with Gasteiger partial charge in [0.2, 0.25) is 0 Å². The summed E-state index contributed by atoms with van der Waals surface area (Å²) in [5.41, 5.74) is 5.00. The highest BCUT2D eigenvalue weighted by Crippen LogP contribution is 2.26. The molecule has 3 N–H and O–H groups in total. The predicted octanol–water partition coefficient (Wildman–Crippen LogP) is 4.35. The molecule has 2 nitrogen and oxygen atoms in total. The van der Waals surface area contributed by atoms with Crippen LogP contribution < -0.4 is 11.3 Å². The standard InChI is InChI=1S/C14H13Cl2IN2/c15-11-5-4-9(13(16)8-11)7-14(19-18)10-2-1-3-12(17)6-10/h1-6,8,14,19H,7,18H2. The molecule has 100 valence electrons. The molecule has 0 aliphatic rings. The Kier molecular flexibility index (Phi) is 5.47. The molecule has 0 saturated heterocycles. The fourth-order valence-corrected chi connectivity index (χ4v) is 2.96. The van der Waals surface area contributed by atoms with Crippen molar-refractivity contribution >= 4 is 45.8 Å². The van der Waals surface area contributed by atoms with Gasteiger partial charge >= 0.3 is 0 Å². The number of nitrogens with one attached hydrogen (secondary N) is 1. The van der Waals surface area contributed by atoms with Gasteiger partial charge in [0.15, 0.2) is 0 Å². The van der Waals surface area contributed by atoms with Crippen LogP contribution in [0.2, 0.25) is 10.0 Å². The maximum absolute atomic E-state index is 6.19. The summed E-state index contributed by atoms with van der Waals surface area (Å²) >= 11 is 14.4. The Morgan fingerprint density at radius 3 is 2.58 bits per heavy atom. The molecule has 2 aromatic carbocycles. The SMILES string of the molecule is NNC(Cc1ccc(Cl)cc1Cl)c1cccc(I)c1. The smallest absolute Gasteiger partial charge is 0.0501 e. The Labute approximate surface area is 136 Å². The van der Waals surface area contributed by atoms with Crippen molar-refractivity contribution in [2.75, 3.05) is 0 Å². The van der Waals surface area contributed by atoms with Gasteiger partial charge < -0.3 is 0 Å². The highest BCUT2D eigenvalue weighted by Gasteiger charge is 2.13. The van der Waals surface area contributed by atoms with Gasteiger partial charge in [-0.2, -0.15) is 0 Å². The summed E-state index contributed by atoms with van der Waals surface area (Å²) in [6, 6.07) is 13.8. The van der Waals surface area contributed by atoms with Crippen LogP contribution in [0, 0.1) is 3.57 Å². The lowest BCUT2D eigenvalue weighted by molar-refractivity contribution is 0.552. The summed E-state index contributed by atoms with van der Waals surface area (Å²) in [7, 11) is 0. The highest BCUT2D eigenvalue weighted by atomic mass is 127. The number of hydrazine groups is 1. The zero-order valence-corrected chi connectivity index (χ0v) is 13.7. The number of rotatable bonds is 4. The maximum Gasteiger partial charge on any atom is 0.0501 e. The van der Waals surface area contributed by atoms with Crippen molar-refractivity contribution < 1.29 is 0 Å². The normalized spacial score (nSPS) is 12.4. The Bertz CT molecular complexity index is 575. The van der Waals surface area contributed by atoms with E-state index in [0.717, 1.165) is 11.1 Å². The molecule has 0 fully saturated rings. The molecular weight excluding hydrogens is 394 g/mol. The largest absolute Gasteiger partial charge is 0.271 e. The first-order chi connectivity index (χ1) is 9.10. The molecule has 2 rings (SSSR count). The Hall–Kier alpha value is -0.330. The van der Waals surface area contributed by atoms with Crippen LogP contribution in [-0.4, -0.2) is 0 Å². The molecule has 5 heteroatoms. The van der Waals surface area contributed by atoms with Crippen LogP contribution in [0.3, 0.4) is 0 Å². The summed E-state index contributed by atoms with van der Waals surface area (Å²) < 4.78 is 1.18. The third-order valence-electron chi connectivity index (χ3n) is 2.89. The van der Waals surface area contributed by atoms with Gasteiger partial charge in [0.25, 0.3) is 0 Å². The van der Waals surface area contributed by atoms with Crippen molar-refractivity contribution in [3.8, 4) is 0 Å². The van der Waals surface area contributed by atoms with E-state index in [1.165, 1.54) is 3.57 Å². The number of hydrogen-bond acceptors (Lipinski definition) is 2. The van der Waals surface area contributed by atoms with E-state index in [4.69, 9.17) is 29.0 Å². The molecule has 0 aliphatic heterocycles. The van der Waals surface area contributed by atoms with E-state index < -0.39 is 0 Å². The average molecular weight is 407 g/mol. The summed E-state index contributed by atoms with van der Waals surface area (Å²) in [4.78, 5) is 0. The molecule has 2 aromatic rings.